The van der Waals surface area contributed by atoms with Gasteiger partial charge in [-0.15, -0.1) is 0 Å². The summed E-state index contributed by atoms with van der Waals surface area (Å²) in [7, 11) is 1.65. The minimum atomic E-state index is -1.07. The van der Waals surface area contributed by atoms with Crippen LogP contribution in [0.2, 0.25) is 0 Å². The summed E-state index contributed by atoms with van der Waals surface area (Å²) >= 11 is 0. The molecular formula is C35H43FN2O4. The van der Waals surface area contributed by atoms with Crippen molar-refractivity contribution in [3.8, 4) is 5.75 Å². The maximum absolute atomic E-state index is 14.1. The number of methoxy groups -OCH3 is 1. The number of likely N-dealkylation sites (tertiary alicyclic amines) is 1. The quantitative estimate of drug-likeness (QED) is 0.320. The van der Waals surface area contributed by atoms with Gasteiger partial charge in [-0.2, -0.15) is 0 Å². The van der Waals surface area contributed by atoms with Crippen molar-refractivity contribution in [2.24, 2.45) is 11.3 Å². The van der Waals surface area contributed by atoms with Gasteiger partial charge >= 0.3 is 5.97 Å². The first-order valence-corrected chi connectivity index (χ1v) is 14.5. The zero-order valence-corrected chi connectivity index (χ0v) is 25.6. The van der Waals surface area contributed by atoms with Gasteiger partial charge in [-0.25, -0.2) is 9.18 Å². The van der Waals surface area contributed by atoms with E-state index < -0.39 is 29.4 Å². The smallest absolute Gasteiger partial charge is 0.326 e. The van der Waals surface area contributed by atoms with Crippen LogP contribution in [0.15, 0.2) is 72.8 Å². The first kappa shape index (κ1) is 31.2. The summed E-state index contributed by atoms with van der Waals surface area (Å²) in [4.78, 5) is 28.7. The van der Waals surface area contributed by atoms with Gasteiger partial charge in [0, 0.05) is 24.1 Å². The van der Waals surface area contributed by atoms with Gasteiger partial charge in [0.2, 0.25) is 5.91 Å². The lowest BCUT2D eigenvalue weighted by molar-refractivity contribution is -0.152. The van der Waals surface area contributed by atoms with E-state index in [9.17, 15) is 19.1 Å². The van der Waals surface area contributed by atoms with Gasteiger partial charge in [-0.1, -0.05) is 96.1 Å². The molecule has 1 fully saturated rings. The summed E-state index contributed by atoms with van der Waals surface area (Å²) in [6.45, 7) is 13.0. The maximum Gasteiger partial charge on any atom is 0.326 e. The molecule has 2 N–H and O–H groups in total. The van der Waals surface area contributed by atoms with Gasteiger partial charge in [-0.05, 0) is 45.7 Å². The summed E-state index contributed by atoms with van der Waals surface area (Å²) in [5.74, 6) is -1.42. The fourth-order valence-electron chi connectivity index (χ4n) is 6.24. The van der Waals surface area contributed by atoms with Crippen molar-refractivity contribution >= 4 is 11.9 Å². The van der Waals surface area contributed by atoms with E-state index in [1.54, 1.807) is 24.1 Å². The third-order valence-corrected chi connectivity index (χ3v) is 8.29. The molecule has 4 rings (SSSR count). The molecule has 0 saturated carbocycles. The molecule has 1 heterocycles. The van der Waals surface area contributed by atoms with E-state index in [0.717, 1.165) is 22.4 Å². The molecule has 0 aromatic heterocycles. The van der Waals surface area contributed by atoms with Crippen LogP contribution in [0.1, 0.15) is 69.8 Å². The number of hydrogen-bond acceptors (Lipinski definition) is 4. The van der Waals surface area contributed by atoms with Crippen LogP contribution in [-0.2, 0) is 28.0 Å². The summed E-state index contributed by atoms with van der Waals surface area (Å²) in [6, 6.07) is 19.6. The number of nitrogens with one attached hydrogen (secondary N) is 1. The van der Waals surface area contributed by atoms with Crippen molar-refractivity contribution in [2.45, 2.75) is 78.0 Å². The highest BCUT2D eigenvalue weighted by Crippen LogP contribution is 2.48. The van der Waals surface area contributed by atoms with Crippen molar-refractivity contribution in [1.82, 2.24) is 10.2 Å². The standard InChI is InChI=1S/C35H43FN2O4/c1-34(2,3)25-15-18-27(42-7)24(20-25)21-37-30-29(35(4,5)6)32(33(40)41)38(31(30)23-11-9-8-10-12-23)28(39)19-22-13-16-26(36)17-14-22/h8-18,20,29-32,37H,19,21H2,1-7H3,(H,40,41)/t29-,30-,31-,32-/m0/s1. The molecule has 1 aliphatic rings. The first-order valence-electron chi connectivity index (χ1n) is 14.5. The van der Waals surface area contributed by atoms with E-state index in [0.29, 0.717) is 12.1 Å². The lowest BCUT2D eigenvalue weighted by Crippen LogP contribution is -2.48. The lowest BCUT2D eigenvalue weighted by atomic mass is 9.72. The van der Waals surface area contributed by atoms with Gasteiger partial charge in [0.05, 0.1) is 19.6 Å². The Bertz CT molecular complexity index is 1390. The number of aliphatic carboxylic acids is 1. The summed E-state index contributed by atoms with van der Waals surface area (Å²) < 4.78 is 19.3. The van der Waals surface area contributed by atoms with Crippen LogP contribution in [0.25, 0.3) is 0 Å². The number of hydrogen-bond donors (Lipinski definition) is 2. The number of benzene rings is 3. The maximum atomic E-state index is 14.1. The second kappa shape index (κ2) is 12.3. The Morgan fingerprint density at radius 3 is 2.14 bits per heavy atom. The Balaban J connectivity index is 1.81. The molecule has 1 amide bonds. The lowest BCUT2D eigenvalue weighted by Gasteiger charge is -2.35. The van der Waals surface area contributed by atoms with Crippen LogP contribution >= 0.6 is 0 Å². The number of carbonyl (C=O) groups is 2. The summed E-state index contributed by atoms with van der Waals surface area (Å²) in [5, 5.41) is 14.4. The predicted molar refractivity (Wildman–Crippen MR) is 163 cm³/mol. The van der Waals surface area contributed by atoms with Crippen LogP contribution in [0, 0.1) is 17.2 Å². The van der Waals surface area contributed by atoms with E-state index in [4.69, 9.17) is 4.74 Å². The Labute approximate surface area is 248 Å². The van der Waals surface area contributed by atoms with Gasteiger partial charge in [0.15, 0.2) is 0 Å². The molecule has 0 unspecified atom stereocenters. The number of halogens is 1. The molecule has 3 aromatic carbocycles. The summed E-state index contributed by atoms with van der Waals surface area (Å²) in [5.41, 5.74) is 3.09. The molecule has 1 aliphatic heterocycles. The number of carboxylic acids is 1. The van der Waals surface area contributed by atoms with Gasteiger partial charge in [-0.3, -0.25) is 4.79 Å². The normalized spacial score (nSPS) is 20.9. The summed E-state index contributed by atoms with van der Waals surface area (Å²) in [6.07, 6.45) is -0.0293. The molecule has 0 aliphatic carbocycles. The SMILES string of the molecule is COc1ccc(C(C)(C)C)cc1CN[C@H]1[C@H](C(C)(C)C)[C@@H](C(=O)O)N(C(=O)Cc2ccc(F)cc2)[C@H]1c1ccccc1. The number of carbonyl (C=O) groups excluding carboxylic acids is 1. The third-order valence-electron chi connectivity index (χ3n) is 8.29. The largest absolute Gasteiger partial charge is 0.496 e. The Morgan fingerprint density at radius 2 is 1.60 bits per heavy atom. The Kier molecular flexibility index (Phi) is 9.12. The average molecular weight is 575 g/mol. The number of carboxylic acid groups (broad SMARTS) is 1. The van der Waals surface area contributed by atoms with E-state index in [1.807, 2.05) is 57.2 Å². The fourth-order valence-corrected chi connectivity index (χ4v) is 6.24. The number of ether oxygens (including phenoxy) is 1. The van der Waals surface area contributed by atoms with Gasteiger partial charge in [0.1, 0.15) is 17.6 Å². The molecule has 1 saturated heterocycles. The highest BCUT2D eigenvalue weighted by Gasteiger charge is 2.57. The highest BCUT2D eigenvalue weighted by atomic mass is 19.1. The number of rotatable bonds is 8. The predicted octanol–water partition coefficient (Wildman–Crippen LogP) is 6.53. The highest BCUT2D eigenvalue weighted by molar-refractivity contribution is 5.87. The minimum Gasteiger partial charge on any atom is -0.496 e. The van der Waals surface area contributed by atoms with Gasteiger partial charge in [0.25, 0.3) is 0 Å². The monoisotopic (exact) mass is 574 g/mol. The molecule has 224 valence electrons. The molecule has 0 radical (unpaired) electrons. The Morgan fingerprint density at radius 1 is 0.952 bits per heavy atom. The molecule has 0 bridgehead atoms. The van der Waals surface area contributed by atoms with E-state index >= 15 is 0 Å². The van der Waals surface area contributed by atoms with E-state index in [2.05, 4.69) is 38.2 Å². The topological polar surface area (TPSA) is 78.9 Å². The second-order valence-electron chi connectivity index (χ2n) is 13.3. The molecular weight excluding hydrogens is 531 g/mol. The third kappa shape index (κ3) is 6.67. The van der Waals surface area contributed by atoms with Crippen molar-refractivity contribution in [3.05, 3.63) is 101 Å². The van der Waals surface area contributed by atoms with Crippen LogP contribution < -0.4 is 10.1 Å². The van der Waals surface area contributed by atoms with Crippen molar-refractivity contribution in [3.63, 3.8) is 0 Å². The zero-order valence-electron chi connectivity index (χ0n) is 25.6. The number of amides is 1. The molecule has 0 spiro atoms. The molecule has 4 atom stereocenters. The van der Waals surface area contributed by atoms with E-state index in [1.165, 1.54) is 12.1 Å². The molecule has 7 heteroatoms. The van der Waals surface area contributed by atoms with Crippen molar-refractivity contribution in [1.29, 1.82) is 0 Å². The molecule has 3 aromatic rings. The Hall–Kier alpha value is -3.71. The van der Waals surface area contributed by atoms with Crippen LogP contribution in [-0.4, -0.2) is 41.1 Å². The van der Waals surface area contributed by atoms with Crippen LogP contribution in [0.3, 0.4) is 0 Å². The van der Waals surface area contributed by atoms with Crippen LogP contribution in [0.5, 0.6) is 5.75 Å². The fraction of sp³-hybridized carbons (Fsp3) is 0.429. The molecule has 42 heavy (non-hydrogen) atoms. The van der Waals surface area contributed by atoms with Crippen LogP contribution in [0.4, 0.5) is 4.39 Å². The average Bonchev–Trinajstić information content (AvgIpc) is 3.29. The zero-order chi connectivity index (χ0) is 30.8. The first-order chi connectivity index (χ1) is 19.7. The number of nitrogens with zero attached hydrogens (tertiary/aromatic N) is 1. The van der Waals surface area contributed by atoms with Gasteiger partial charge < -0.3 is 20.1 Å². The second-order valence-corrected chi connectivity index (χ2v) is 13.3. The minimum absolute atomic E-state index is 0.0293. The van der Waals surface area contributed by atoms with Crippen molar-refractivity contribution in [2.75, 3.05) is 7.11 Å². The molecule has 6 nitrogen and oxygen atoms in total. The van der Waals surface area contributed by atoms with Crippen molar-refractivity contribution < 1.29 is 23.8 Å². The van der Waals surface area contributed by atoms with E-state index in [-0.39, 0.29) is 29.6 Å².